The molecule has 2 N–H and O–H groups in total. The van der Waals surface area contributed by atoms with Crippen LogP contribution in [0.1, 0.15) is 33.1 Å². The summed E-state index contributed by atoms with van der Waals surface area (Å²) in [5.41, 5.74) is -0.648. The van der Waals surface area contributed by atoms with Crippen molar-refractivity contribution < 1.29 is 9.52 Å². The van der Waals surface area contributed by atoms with Gasteiger partial charge < -0.3 is 19.7 Å². The van der Waals surface area contributed by atoms with Gasteiger partial charge in [-0.2, -0.15) is 0 Å². The van der Waals surface area contributed by atoms with Crippen LogP contribution in [-0.4, -0.2) is 65.1 Å². The number of aromatic nitrogens is 2. The van der Waals surface area contributed by atoms with Gasteiger partial charge in [0, 0.05) is 32.7 Å². The zero-order valence-corrected chi connectivity index (χ0v) is 13.3. The fraction of sp³-hybridized carbons (Fsp3) is 0.857. The van der Waals surface area contributed by atoms with Crippen molar-refractivity contribution in [3.05, 3.63) is 5.89 Å². The third-order valence-electron chi connectivity index (χ3n) is 3.41. The van der Waals surface area contributed by atoms with E-state index >= 15 is 0 Å². The molecule has 7 nitrogen and oxygen atoms in total. The maximum Gasteiger partial charge on any atom is 0.318 e. The van der Waals surface area contributed by atoms with Crippen LogP contribution in [0.4, 0.5) is 6.01 Å². The molecule has 0 unspecified atom stereocenters. The molecule has 1 saturated heterocycles. The van der Waals surface area contributed by atoms with E-state index < -0.39 is 5.60 Å². The Morgan fingerprint density at radius 2 is 1.95 bits per heavy atom. The Bertz CT molecular complexity index is 421. The molecule has 1 aliphatic heterocycles. The van der Waals surface area contributed by atoms with Crippen molar-refractivity contribution in [3.63, 3.8) is 0 Å². The summed E-state index contributed by atoms with van der Waals surface area (Å²) in [6.07, 6.45) is 1.09. The molecule has 120 valence electrons. The van der Waals surface area contributed by atoms with Gasteiger partial charge in [-0.05, 0) is 26.8 Å². The van der Waals surface area contributed by atoms with Gasteiger partial charge in [0.2, 0.25) is 5.89 Å². The van der Waals surface area contributed by atoms with Crippen LogP contribution in [0.25, 0.3) is 0 Å². The lowest BCUT2D eigenvalue weighted by molar-refractivity contribution is 0.0342. The summed E-state index contributed by atoms with van der Waals surface area (Å²) in [6, 6.07) is 0.603. The number of hydrogen-bond acceptors (Lipinski definition) is 7. The van der Waals surface area contributed by atoms with E-state index in [9.17, 15) is 5.11 Å². The molecule has 2 heterocycles. The quantitative estimate of drug-likeness (QED) is 0.708. The first-order chi connectivity index (χ1) is 9.98. The summed E-state index contributed by atoms with van der Waals surface area (Å²) in [5.74, 6) is 0.636. The molecule has 0 saturated carbocycles. The number of rotatable bonds is 7. The lowest BCUT2D eigenvalue weighted by Gasteiger charge is -2.36. The highest BCUT2D eigenvalue weighted by atomic mass is 16.4. The van der Waals surface area contributed by atoms with Gasteiger partial charge in [0.15, 0.2) is 0 Å². The summed E-state index contributed by atoms with van der Waals surface area (Å²) in [7, 11) is 0. The molecule has 1 aromatic rings. The first kappa shape index (κ1) is 16.2. The zero-order valence-electron chi connectivity index (χ0n) is 13.3. The zero-order chi connectivity index (χ0) is 15.3. The SMILES string of the molecule is CCCNCc1nnc(N2CCN(CC(C)(C)O)CC2)o1. The van der Waals surface area contributed by atoms with Crippen molar-refractivity contribution in [2.45, 2.75) is 39.3 Å². The summed E-state index contributed by atoms with van der Waals surface area (Å²) >= 11 is 0. The van der Waals surface area contributed by atoms with Crippen molar-refractivity contribution in [3.8, 4) is 0 Å². The largest absolute Gasteiger partial charge is 0.407 e. The van der Waals surface area contributed by atoms with Crippen LogP contribution in [-0.2, 0) is 6.54 Å². The molecule has 0 spiro atoms. The Labute approximate surface area is 126 Å². The van der Waals surface area contributed by atoms with Crippen molar-refractivity contribution >= 4 is 6.01 Å². The third kappa shape index (κ3) is 5.26. The van der Waals surface area contributed by atoms with E-state index in [1.165, 1.54) is 0 Å². The van der Waals surface area contributed by atoms with E-state index in [1.54, 1.807) is 0 Å². The van der Waals surface area contributed by atoms with Gasteiger partial charge >= 0.3 is 6.01 Å². The second-order valence-electron chi connectivity index (χ2n) is 6.23. The van der Waals surface area contributed by atoms with E-state index in [0.717, 1.165) is 39.1 Å². The fourth-order valence-corrected chi connectivity index (χ4v) is 2.46. The molecule has 21 heavy (non-hydrogen) atoms. The van der Waals surface area contributed by atoms with Crippen molar-refractivity contribution in [1.82, 2.24) is 20.4 Å². The molecular weight excluding hydrogens is 270 g/mol. The Morgan fingerprint density at radius 3 is 2.57 bits per heavy atom. The average Bonchev–Trinajstić information content (AvgIpc) is 2.87. The lowest BCUT2D eigenvalue weighted by atomic mass is 10.1. The van der Waals surface area contributed by atoms with Crippen LogP contribution in [0, 0.1) is 0 Å². The first-order valence-electron chi connectivity index (χ1n) is 7.71. The smallest absolute Gasteiger partial charge is 0.318 e. The predicted octanol–water partition coefficient (Wildman–Crippen LogP) is 0.462. The molecule has 2 rings (SSSR count). The predicted molar refractivity (Wildman–Crippen MR) is 81.2 cm³/mol. The second-order valence-corrected chi connectivity index (χ2v) is 6.23. The van der Waals surface area contributed by atoms with Crippen LogP contribution >= 0.6 is 0 Å². The monoisotopic (exact) mass is 297 g/mol. The van der Waals surface area contributed by atoms with Crippen LogP contribution in [0.5, 0.6) is 0 Å². The number of β-amino-alcohol motifs (C(OH)–C–C–N with tert-alkyl or cyclic N) is 1. The minimum Gasteiger partial charge on any atom is -0.407 e. The molecule has 0 amide bonds. The minimum atomic E-state index is -0.648. The van der Waals surface area contributed by atoms with Crippen molar-refractivity contribution in [2.75, 3.05) is 44.2 Å². The van der Waals surface area contributed by atoms with E-state index in [0.29, 0.717) is 25.0 Å². The topological polar surface area (TPSA) is 77.7 Å². The summed E-state index contributed by atoms with van der Waals surface area (Å²) < 4.78 is 5.68. The minimum absolute atomic E-state index is 0.603. The van der Waals surface area contributed by atoms with Gasteiger partial charge in [-0.1, -0.05) is 12.0 Å². The van der Waals surface area contributed by atoms with Gasteiger partial charge in [0.1, 0.15) is 0 Å². The maximum absolute atomic E-state index is 9.86. The summed E-state index contributed by atoms with van der Waals surface area (Å²) in [5, 5.41) is 21.3. The number of anilines is 1. The van der Waals surface area contributed by atoms with Gasteiger partial charge in [-0.15, -0.1) is 5.10 Å². The van der Waals surface area contributed by atoms with Crippen LogP contribution in [0.2, 0.25) is 0 Å². The molecule has 1 fully saturated rings. The van der Waals surface area contributed by atoms with Crippen LogP contribution in [0.15, 0.2) is 4.42 Å². The molecule has 1 aromatic heterocycles. The highest BCUT2D eigenvalue weighted by Gasteiger charge is 2.24. The lowest BCUT2D eigenvalue weighted by Crippen LogP contribution is -2.50. The Kier molecular flexibility index (Phi) is 5.55. The first-order valence-corrected chi connectivity index (χ1v) is 7.71. The number of aliphatic hydroxyl groups is 1. The molecule has 0 bridgehead atoms. The van der Waals surface area contributed by atoms with Gasteiger partial charge in [0.05, 0.1) is 12.1 Å². The molecule has 0 aromatic carbocycles. The third-order valence-corrected chi connectivity index (χ3v) is 3.41. The highest BCUT2D eigenvalue weighted by molar-refractivity contribution is 5.25. The van der Waals surface area contributed by atoms with E-state index in [2.05, 4.69) is 32.2 Å². The van der Waals surface area contributed by atoms with Crippen molar-refractivity contribution in [1.29, 1.82) is 0 Å². The normalized spacial score (nSPS) is 17.4. The van der Waals surface area contributed by atoms with Crippen molar-refractivity contribution in [2.24, 2.45) is 0 Å². The number of hydrogen-bond donors (Lipinski definition) is 2. The number of nitrogens with zero attached hydrogens (tertiary/aromatic N) is 4. The maximum atomic E-state index is 9.86. The Hall–Kier alpha value is -1.18. The van der Waals surface area contributed by atoms with Crippen LogP contribution < -0.4 is 10.2 Å². The molecule has 1 aliphatic rings. The van der Waals surface area contributed by atoms with E-state index in [1.807, 2.05) is 13.8 Å². The van der Waals surface area contributed by atoms with Gasteiger partial charge in [-0.25, -0.2) is 0 Å². The molecule has 0 aliphatic carbocycles. The number of piperazine rings is 1. The average molecular weight is 297 g/mol. The standard InChI is InChI=1S/C14H27N5O2/c1-4-5-15-10-12-16-17-13(21-12)19-8-6-18(7-9-19)11-14(2,3)20/h15,20H,4-11H2,1-3H3. The molecular formula is C14H27N5O2. The highest BCUT2D eigenvalue weighted by Crippen LogP contribution is 2.16. The Balaban J connectivity index is 1.79. The summed E-state index contributed by atoms with van der Waals surface area (Å²) in [6.45, 7) is 11.6. The fourth-order valence-electron chi connectivity index (χ4n) is 2.46. The Morgan fingerprint density at radius 1 is 1.24 bits per heavy atom. The number of nitrogens with one attached hydrogen (secondary N) is 1. The second kappa shape index (κ2) is 7.20. The van der Waals surface area contributed by atoms with Crippen LogP contribution in [0.3, 0.4) is 0 Å². The van der Waals surface area contributed by atoms with Gasteiger partial charge in [0.25, 0.3) is 0 Å². The molecule has 7 heteroatoms. The summed E-state index contributed by atoms with van der Waals surface area (Å²) in [4.78, 5) is 4.37. The van der Waals surface area contributed by atoms with E-state index in [-0.39, 0.29) is 0 Å². The van der Waals surface area contributed by atoms with Gasteiger partial charge in [-0.3, -0.25) is 4.90 Å². The molecule has 0 atom stereocenters. The van der Waals surface area contributed by atoms with E-state index in [4.69, 9.17) is 4.42 Å². The molecule has 0 radical (unpaired) electrons.